The molecule has 4 nitrogen and oxygen atoms in total. The van der Waals surface area contributed by atoms with Crippen LogP contribution in [-0.4, -0.2) is 42.8 Å². The molecule has 16 heavy (non-hydrogen) atoms. The Morgan fingerprint density at radius 2 is 2.38 bits per heavy atom. The molecule has 0 spiro atoms. The molecule has 1 rings (SSSR count). The first kappa shape index (κ1) is 13.4. The summed E-state index contributed by atoms with van der Waals surface area (Å²) in [5.74, 6) is 0. The van der Waals surface area contributed by atoms with Crippen LogP contribution in [0.4, 0.5) is 0 Å². The van der Waals surface area contributed by atoms with Gasteiger partial charge in [0, 0.05) is 19.7 Å². The molecule has 0 radical (unpaired) electrons. The highest BCUT2D eigenvalue weighted by atomic mass is 16.5. The second-order valence-electron chi connectivity index (χ2n) is 5.08. The summed E-state index contributed by atoms with van der Waals surface area (Å²) in [5, 5.41) is 8.92. The zero-order chi connectivity index (χ0) is 12.2. The topological polar surface area (TPSA) is 62.3 Å². The minimum absolute atomic E-state index is 0.335. The van der Waals surface area contributed by atoms with Crippen LogP contribution in [0.25, 0.3) is 0 Å². The molecule has 1 aliphatic heterocycles. The Bertz CT molecular complexity index is 259. The van der Waals surface area contributed by atoms with Crippen LogP contribution in [0.5, 0.6) is 0 Å². The number of piperidine rings is 1. The average Bonchev–Trinajstić information content (AvgIpc) is 2.28. The van der Waals surface area contributed by atoms with Crippen molar-refractivity contribution in [3.63, 3.8) is 0 Å². The summed E-state index contributed by atoms with van der Waals surface area (Å²) in [6, 6.07) is 2.50. The first-order valence-corrected chi connectivity index (χ1v) is 5.95. The molecule has 0 aromatic heterocycles. The van der Waals surface area contributed by atoms with Gasteiger partial charge in [0.25, 0.3) is 0 Å². The summed E-state index contributed by atoms with van der Waals surface area (Å²) in [6.45, 7) is 5.98. The summed E-state index contributed by atoms with van der Waals surface area (Å²) in [6.07, 6.45) is 3.34. The van der Waals surface area contributed by atoms with Crippen LogP contribution in [0.3, 0.4) is 0 Å². The van der Waals surface area contributed by atoms with Gasteiger partial charge in [0.1, 0.15) is 5.54 Å². The number of ether oxygens (including phenoxy) is 1. The lowest BCUT2D eigenvalue weighted by Gasteiger charge is -2.37. The predicted octanol–water partition coefficient (Wildman–Crippen LogP) is 1.12. The molecule has 0 saturated carbocycles. The molecule has 4 heteroatoms. The van der Waals surface area contributed by atoms with Gasteiger partial charge in [0.05, 0.1) is 12.2 Å². The Morgan fingerprint density at radius 1 is 1.69 bits per heavy atom. The standard InChI is InChI=1S/C12H23N3O/c1-10(7-12(2,14)9-13)15-6-4-5-11(8-15)16-3/h10-11H,4-8,14H2,1-3H3. The minimum atomic E-state index is -0.723. The molecule has 3 atom stereocenters. The molecular formula is C12H23N3O. The van der Waals surface area contributed by atoms with Gasteiger partial charge in [0.2, 0.25) is 0 Å². The second-order valence-corrected chi connectivity index (χ2v) is 5.08. The normalized spacial score (nSPS) is 28.1. The van der Waals surface area contributed by atoms with Gasteiger partial charge in [-0.2, -0.15) is 5.26 Å². The molecule has 0 amide bonds. The zero-order valence-electron chi connectivity index (χ0n) is 10.6. The van der Waals surface area contributed by atoms with Crippen molar-refractivity contribution in [1.29, 1.82) is 5.26 Å². The molecule has 1 fully saturated rings. The van der Waals surface area contributed by atoms with E-state index < -0.39 is 5.54 Å². The van der Waals surface area contributed by atoms with Crippen LogP contribution >= 0.6 is 0 Å². The van der Waals surface area contributed by atoms with Crippen LogP contribution < -0.4 is 5.73 Å². The molecule has 0 bridgehead atoms. The fourth-order valence-corrected chi connectivity index (χ4v) is 2.35. The van der Waals surface area contributed by atoms with Gasteiger partial charge in [-0.25, -0.2) is 0 Å². The van der Waals surface area contributed by atoms with Crippen molar-refractivity contribution >= 4 is 0 Å². The molecule has 1 heterocycles. The third-order valence-electron chi connectivity index (χ3n) is 3.34. The number of likely N-dealkylation sites (tertiary alicyclic amines) is 1. The Balaban J connectivity index is 2.48. The van der Waals surface area contributed by atoms with Crippen molar-refractivity contribution in [2.75, 3.05) is 20.2 Å². The Labute approximate surface area is 98.4 Å². The molecule has 0 aromatic carbocycles. The van der Waals surface area contributed by atoms with Gasteiger partial charge in [-0.3, -0.25) is 4.90 Å². The lowest BCUT2D eigenvalue weighted by Crippen LogP contribution is -2.48. The quantitative estimate of drug-likeness (QED) is 0.778. The minimum Gasteiger partial charge on any atom is -0.380 e. The third kappa shape index (κ3) is 3.75. The van der Waals surface area contributed by atoms with Gasteiger partial charge in [0.15, 0.2) is 0 Å². The summed E-state index contributed by atoms with van der Waals surface area (Å²) in [7, 11) is 1.77. The number of rotatable bonds is 4. The first-order valence-electron chi connectivity index (χ1n) is 5.95. The monoisotopic (exact) mass is 225 g/mol. The summed E-state index contributed by atoms with van der Waals surface area (Å²) < 4.78 is 5.39. The fourth-order valence-electron chi connectivity index (χ4n) is 2.35. The maximum Gasteiger partial charge on any atom is 0.102 e. The van der Waals surface area contributed by atoms with Crippen molar-refractivity contribution < 1.29 is 4.74 Å². The highest BCUT2D eigenvalue weighted by Gasteiger charge is 2.28. The van der Waals surface area contributed by atoms with E-state index >= 15 is 0 Å². The van der Waals surface area contributed by atoms with Gasteiger partial charge in [-0.1, -0.05) is 0 Å². The third-order valence-corrected chi connectivity index (χ3v) is 3.34. The summed E-state index contributed by atoms with van der Waals surface area (Å²) >= 11 is 0. The maximum atomic E-state index is 8.92. The molecule has 0 aromatic rings. The van der Waals surface area contributed by atoms with Gasteiger partial charge < -0.3 is 10.5 Å². The van der Waals surface area contributed by atoms with E-state index in [1.165, 1.54) is 0 Å². The highest BCUT2D eigenvalue weighted by Crippen LogP contribution is 2.19. The second kappa shape index (κ2) is 5.62. The highest BCUT2D eigenvalue weighted by molar-refractivity contribution is 5.03. The van der Waals surface area contributed by atoms with Crippen molar-refractivity contribution in [2.24, 2.45) is 5.73 Å². The van der Waals surface area contributed by atoms with Crippen LogP contribution in [-0.2, 0) is 4.74 Å². The SMILES string of the molecule is COC1CCCN(C(C)CC(C)(N)C#N)C1. The lowest BCUT2D eigenvalue weighted by atomic mass is 9.94. The first-order chi connectivity index (χ1) is 7.48. The predicted molar refractivity (Wildman–Crippen MR) is 63.9 cm³/mol. The van der Waals surface area contributed by atoms with Crippen molar-refractivity contribution in [3.8, 4) is 6.07 Å². The number of methoxy groups -OCH3 is 1. The van der Waals surface area contributed by atoms with E-state index in [9.17, 15) is 0 Å². The molecule has 92 valence electrons. The van der Waals surface area contributed by atoms with Gasteiger partial charge in [-0.05, 0) is 39.7 Å². The molecule has 3 unspecified atom stereocenters. The summed E-state index contributed by atoms with van der Waals surface area (Å²) in [5.41, 5.74) is 5.15. The number of hydrogen-bond donors (Lipinski definition) is 1. The number of nitrogens with zero attached hydrogens (tertiary/aromatic N) is 2. The molecular weight excluding hydrogens is 202 g/mol. The Kier molecular flexibility index (Phi) is 4.72. The Morgan fingerprint density at radius 3 is 2.94 bits per heavy atom. The zero-order valence-corrected chi connectivity index (χ0v) is 10.6. The van der Waals surface area contributed by atoms with E-state index in [0.717, 1.165) is 25.9 Å². The average molecular weight is 225 g/mol. The number of hydrogen-bond acceptors (Lipinski definition) is 4. The molecule has 1 aliphatic rings. The Hall–Kier alpha value is -0.630. The lowest BCUT2D eigenvalue weighted by molar-refractivity contribution is 0.0141. The summed E-state index contributed by atoms with van der Waals surface area (Å²) in [4.78, 5) is 2.38. The number of nitriles is 1. The van der Waals surface area contributed by atoms with E-state index in [0.29, 0.717) is 18.6 Å². The number of nitrogens with two attached hydrogens (primary N) is 1. The molecule has 1 saturated heterocycles. The fraction of sp³-hybridized carbons (Fsp3) is 0.917. The van der Waals surface area contributed by atoms with Crippen molar-refractivity contribution in [2.45, 2.75) is 50.8 Å². The van der Waals surface area contributed by atoms with E-state index in [1.807, 2.05) is 0 Å². The maximum absolute atomic E-state index is 8.92. The van der Waals surface area contributed by atoms with E-state index in [1.54, 1.807) is 14.0 Å². The van der Waals surface area contributed by atoms with Gasteiger partial charge >= 0.3 is 0 Å². The largest absolute Gasteiger partial charge is 0.380 e. The van der Waals surface area contributed by atoms with E-state index in [4.69, 9.17) is 15.7 Å². The van der Waals surface area contributed by atoms with Crippen LogP contribution in [0.2, 0.25) is 0 Å². The van der Waals surface area contributed by atoms with Crippen molar-refractivity contribution in [1.82, 2.24) is 4.90 Å². The van der Waals surface area contributed by atoms with Crippen LogP contribution in [0.1, 0.15) is 33.1 Å². The van der Waals surface area contributed by atoms with Crippen molar-refractivity contribution in [3.05, 3.63) is 0 Å². The smallest absolute Gasteiger partial charge is 0.102 e. The molecule has 2 N–H and O–H groups in total. The van der Waals surface area contributed by atoms with Crippen LogP contribution in [0, 0.1) is 11.3 Å². The van der Waals surface area contributed by atoms with Gasteiger partial charge in [-0.15, -0.1) is 0 Å². The van der Waals surface area contributed by atoms with Crippen LogP contribution in [0.15, 0.2) is 0 Å². The molecule has 0 aliphatic carbocycles. The van der Waals surface area contributed by atoms with E-state index in [-0.39, 0.29) is 0 Å². The van der Waals surface area contributed by atoms with E-state index in [2.05, 4.69) is 17.9 Å².